The van der Waals surface area contributed by atoms with Crippen molar-refractivity contribution in [3.63, 3.8) is 0 Å². The first-order chi connectivity index (χ1) is 10.2. The molecule has 0 radical (unpaired) electrons. The van der Waals surface area contributed by atoms with E-state index in [0.29, 0.717) is 18.5 Å². The maximum absolute atomic E-state index is 12.8. The fraction of sp³-hybridized carbons (Fsp3) is 0.944. The van der Waals surface area contributed by atoms with E-state index in [1.54, 1.807) is 0 Å². The van der Waals surface area contributed by atoms with Crippen LogP contribution in [0.2, 0.25) is 0 Å². The minimum absolute atomic E-state index is 0.259. The van der Waals surface area contributed by atoms with Crippen LogP contribution in [-0.4, -0.2) is 29.9 Å². The zero-order chi connectivity index (χ0) is 15.7. The fourth-order valence-corrected chi connectivity index (χ4v) is 3.77. The van der Waals surface area contributed by atoms with Gasteiger partial charge in [0.1, 0.15) is 0 Å². The number of amides is 1. The van der Waals surface area contributed by atoms with E-state index in [1.807, 2.05) is 0 Å². The van der Waals surface area contributed by atoms with Crippen molar-refractivity contribution in [1.29, 1.82) is 0 Å². The van der Waals surface area contributed by atoms with Crippen molar-refractivity contribution in [3.05, 3.63) is 0 Å². The highest BCUT2D eigenvalue weighted by Crippen LogP contribution is 2.33. The van der Waals surface area contributed by atoms with Gasteiger partial charge in [0, 0.05) is 25.0 Å². The van der Waals surface area contributed by atoms with Gasteiger partial charge in [-0.15, -0.1) is 0 Å². The maximum atomic E-state index is 12.8. The third-order valence-electron chi connectivity index (χ3n) is 5.20. The van der Waals surface area contributed by atoms with Crippen molar-refractivity contribution in [2.45, 2.75) is 84.6 Å². The van der Waals surface area contributed by atoms with Gasteiger partial charge >= 0.3 is 0 Å². The summed E-state index contributed by atoms with van der Waals surface area (Å²) in [5.74, 6) is 1.50. The quantitative estimate of drug-likeness (QED) is 0.700. The van der Waals surface area contributed by atoms with Crippen molar-refractivity contribution in [1.82, 2.24) is 4.90 Å². The van der Waals surface area contributed by atoms with Crippen LogP contribution in [-0.2, 0) is 4.79 Å². The first-order valence-electron chi connectivity index (χ1n) is 9.18. The van der Waals surface area contributed by atoms with Crippen LogP contribution in [0, 0.1) is 11.8 Å². The van der Waals surface area contributed by atoms with E-state index in [-0.39, 0.29) is 5.92 Å². The molecule has 21 heavy (non-hydrogen) atoms. The summed E-state index contributed by atoms with van der Waals surface area (Å²) in [6.07, 6.45) is 10.7. The van der Waals surface area contributed by atoms with Gasteiger partial charge in [-0.05, 0) is 44.4 Å². The zero-order valence-electron chi connectivity index (χ0n) is 14.4. The molecule has 0 bridgehead atoms. The lowest BCUT2D eigenvalue weighted by Crippen LogP contribution is -2.46. The molecule has 1 saturated carbocycles. The predicted octanol–water partition coefficient (Wildman–Crippen LogP) is 3.96. The number of unbranched alkanes of at least 4 members (excludes halogenated alkanes) is 1. The van der Waals surface area contributed by atoms with E-state index >= 15 is 0 Å². The molecule has 3 nitrogen and oxygen atoms in total. The summed E-state index contributed by atoms with van der Waals surface area (Å²) in [6.45, 7) is 7.91. The Morgan fingerprint density at radius 1 is 1.14 bits per heavy atom. The lowest BCUT2D eigenvalue weighted by molar-refractivity contribution is -0.139. The predicted molar refractivity (Wildman–Crippen MR) is 90.1 cm³/mol. The molecule has 2 N–H and O–H groups in total. The van der Waals surface area contributed by atoms with Gasteiger partial charge in [-0.2, -0.15) is 0 Å². The molecular weight excluding hydrogens is 260 g/mol. The third-order valence-corrected chi connectivity index (χ3v) is 5.20. The standard InChI is InChI=1S/C18H36N2O/c1-4-7-8-15-9-11-16(12-10-15)18(21)20(14-13-19)17(5-2)6-3/h15-17H,4-14,19H2,1-3H3. The average Bonchev–Trinajstić information content (AvgIpc) is 2.53. The molecule has 0 aromatic carbocycles. The molecule has 0 aromatic heterocycles. The molecular formula is C18H36N2O. The van der Waals surface area contributed by atoms with Crippen molar-refractivity contribution in [2.24, 2.45) is 17.6 Å². The first kappa shape index (κ1) is 18.5. The topological polar surface area (TPSA) is 46.3 Å². The molecule has 1 fully saturated rings. The van der Waals surface area contributed by atoms with Crippen LogP contribution in [0.5, 0.6) is 0 Å². The molecule has 3 heteroatoms. The molecule has 1 amide bonds. The largest absolute Gasteiger partial charge is 0.338 e. The average molecular weight is 296 g/mol. The normalized spacial score (nSPS) is 22.5. The number of carbonyl (C=O) groups is 1. The summed E-state index contributed by atoms with van der Waals surface area (Å²) < 4.78 is 0. The summed E-state index contributed by atoms with van der Waals surface area (Å²) >= 11 is 0. The van der Waals surface area contributed by atoms with E-state index in [2.05, 4.69) is 25.7 Å². The third kappa shape index (κ3) is 5.61. The summed E-state index contributed by atoms with van der Waals surface area (Å²) in [7, 11) is 0. The fourth-order valence-electron chi connectivity index (χ4n) is 3.77. The van der Waals surface area contributed by atoms with E-state index in [4.69, 9.17) is 5.73 Å². The molecule has 124 valence electrons. The van der Waals surface area contributed by atoms with Gasteiger partial charge in [0.15, 0.2) is 0 Å². The van der Waals surface area contributed by atoms with E-state index in [0.717, 1.165) is 38.1 Å². The van der Waals surface area contributed by atoms with Gasteiger partial charge < -0.3 is 10.6 Å². The molecule has 0 aromatic rings. The molecule has 0 spiro atoms. The van der Waals surface area contributed by atoms with Crippen LogP contribution in [0.3, 0.4) is 0 Å². The van der Waals surface area contributed by atoms with Gasteiger partial charge in [-0.1, -0.05) is 40.0 Å². The van der Waals surface area contributed by atoms with Crippen LogP contribution >= 0.6 is 0 Å². The van der Waals surface area contributed by atoms with E-state index < -0.39 is 0 Å². The highest BCUT2D eigenvalue weighted by atomic mass is 16.2. The summed E-state index contributed by atoms with van der Waals surface area (Å²) in [4.78, 5) is 14.9. The summed E-state index contributed by atoms with van der Waals surface area (Å²) in [5.41, 5.74) is 5.73. The van der Waals surface area contributed by atoms with E-state index in [9.17, 15) is 4.79 Å². The van der Waals surface area contributed by atoms with Gasteiger partial charge in [-0.3, -0.25) is 4.79 Å². The van der Waals surface area contributed by atoms with Crippen LogP contribution in [0.15, 0.2) is 0 Å². The molecule has 0 atom stereocenters. The van der Waals surface area contributed by atoms with Gasteiger partial charge in [0.05, 0.1) is 0 Å². The second-order valence-corrected chi connectivity index (χ2v) is 6.65. The number of hydrogen-bond donors (Lipinski definition) is 1. The van der Waals surface area contributed by atoms with Gasteiger partial charge in [0.2, 0.25) is 5.91 Å². The van der Waals surface area contributed by atoms with E-state index in [1.165, 1.54) is 32.1 Å². The van der Waals surface area contributed by atoms with Gasteiger partial charge in [-0.25, -0.2) is 0 Å². The molecule has 0 unspecified atom stereocenters. The Bertz CT molecular complexity index is 281. The van der Waals surface area contributed by atoms with Crippen molar-refractivity contribution in [2.75, 3.05) is 13.1 Å². The Morgan fingerprint density at radius 3 is 2.24 bits per heavy atom. The number of nitrogens with zero attached hydrogens (tertiary/aromatic N) is 1. The van der Waals surface area contributed by atoms with Crippen LogP contribution in [0.1, 0.15) is 78.6 Å². The number of rotatable bonds is 9. The molecule has 1 aliphatic rings. The minimum atomic E-state index is 0.259. The van der Waals surface area contributed by atoms with Crippen LogP contribution < -0.4 is 5.73 Å². The minimum Gasteiger partial charge on any atom is -0.338 e. The zero-order valence-corrected chi connectivity index (χ0v) is 14.4. The Labute approximate surface area is 131 Å². The second-order valence-electron chi connectivity index (χ2n) is 6.65. The summed E-state index contributed by atoms with van der Waals surface area (Å²) in [5, 5.41) is 0. The Balaban J connectivity index is 2.53. The maximum Gasteiger partial charge on any atom is 0.225 e. The number of hydrogen-bond acceptors (Lipinski definition) is 2. The van der Waals surface area contributed by atoms with Crippen molar-refractivity contribution >= 4 is 5.91 Å². The van der Waals surface area contributed by atoms with Gasteiger partial charge in [0.25, 0.3) is 0 Å². The lowest BCUT2D eigenvalue weighted by atomic mass is 9.79. The molecule has 0 aliphatic heterocycles. The second kappa shape index (κ2) is 10.2. The summed E-state index contributed by atoms with van der Waals surface area (Å²) in [6, 6.07) is 0.374. The molecule has 1 aliphatic carbocycles. The Kier molecular flexibility index (Phi) is 8.98. The highest BCUT2D eigenvalue weighted by molar-refractivity contribution is 5.79. The molecule has 1 rings (SSSR count). The number of nitrogens with two attached hydrogens (primary N) is 1. The number of carbonyl (C=O) groups excluding carboxylic acids is 1. The smallest absolute Gasteiger partial charge is 0.225 e. The monoisotopic (exact) mass is 296 g/mol. The SMILES string of the molecule is CCCCC1CCC(C(=O)N(CCN)C(CC)CC)CC1. The Hall–Kier alpha value is -0.570. The van der Waals surface area contributed by atoms with Crippen LogP contribution in [0.25, 0.3) is 0 Å². The van der Waals surface area contributed by atoms with Crippen LogP contribution in [0.4, 0.5) is 0 Å². The van der Waals surface area contributed by atoms with Crippen molar-refractivity contribution < 1.29 is 4.79 Å². The Morgan fingerprint density at radius 2 is 1.76 bits per heavy atom. The molecule has 0 heterocycles. The van der Waals surface area contributed by atoms with Crippen molar-refractivity contribution in [3.8, 4) is 0 Å². The first-order valence-corrected chi connectivity index (χ1v) is 9.18. The lowest BCUT2D eigenvalue weighted by Gasteiger charge is -2.36. The molecule has 0 saturated heterocycles. The highest BCUT2D eigenvalue weighted by Gasteiger charge is 2.31.